The average Bonchev–Trinajstić information content (AvgIpc) is 2.94. The molecule has 1 aromatic heterocycles. The molecular formula is C20H26N4O2S. The number of benzene rings is 1. The fourth-order valence-electron chi connectivity index (χ4n) is 3.56. The molecule has 0 spiro atoms. The molecule has 0 bridgehead atoms. The molecule has 2 aromatic rings. The summed E-state index contributed by atoms with van der Waals surface area (Å²) in [6.45, 7) is 4.15. The van der Waals surface area contributed by atoms with E-state index in [1.54, 1.807) is 24.3 Å². The number of aryl methyl sites for hydroxylation is 1. The van der Waals surface area contributed by atoms with Crippen LogP contribution in [0, 0.1) is 13.8 Å². The highest BCUT2D eigenvalue weighted by Gasteiger charge is 2.22. The van der Waals surface area contributed by atoms with Crippen LogP contribution in [0.25, 0.3) is 0 Å². The fraction of sp³-hybridized carbons (Fsp3) is 0.450. The number of aromatic nitrogens is 2. The standard InChI is InChI=1S/C20H26N4O2S/c1-13-14(2)24(17-6-4-3-5-7-17)20(22-13)27-12-18(25)15-8-10-16(11-9-15)23-19(21)26/h8-11,17H,3-7,12H2,1-2H3,(H3,21,23,26). The van der Waals surface area contributed by atoms with Crippen LogP contribution in [0.3, 0.4) is 0 Å². The van der Waals surface area contributed by atoms with Gasteiger partial charge < -0.3 is 15.6 Å². The van der Waals surface area contributed by atoms with Gasteiger partial charge in [-0.15, -0.1) is 0 Å². The van der Waals surface area contributed by atoms with Gasteiger partial charge in [-0.05, 0) is 51.0 Å². The lowest BCUT2D eigenvalue weighted by Crippen LogP contribution is -2.19. The lowest BCUT2D eigenvalue weighted by atomic mass is 9.95. The van der Waals surface area contributed by atoms with Crippen molar-refractivity contribution in [3.8, 4) is 0 Å². The first-order valence-corrected chi connectivity index (χ1v) is 10.3. The molecule has 0 atom stereocenters. The summed E-state index contributed by atoms with van der Waals surface area (Å²) in [5.74, 6) is 0.379. The molecule has 3 N–H and O–H groups in total. The van der Waals surface area contributed by atoms with Crippen LogP contribution in [0.5, 0.6) is 0 Å². The van der Waals surface area contributed by atoms with Crippen molar-refractivity contribution in [2.45, 2.75) is 57.1 Å². The summed E-state index contributed by atoms with van der Waals surface area (Å²) in [5.41, 5.74) is 8.53. The Balaban J connectivity index is 1.68. The number of Topliss-reactive ketones (excluding diaryl/α,β-unsaturated/α-hetero) is 1. The van der Waals surface area contributed by atoms with Crippen molar-refractivity contribution in [1.82, 2.24) is 9.55 Å². The molecule has 0 saturated heterocycles. The molecule has 1 fully saturated rings. The minimum Gasteiger partial charge on any atom is -0.351 e. The van der Waals surface area contributed by atoms with E-state index in [-0.39, 0.29) is 5.78 Å². The number of nitrogens with one attached hydrogen (secondary N) is 1. The summed E-state index contributed by atoms with van der Waals surface area (Å²) in [4.78, 5) is 28.1. The van der Waals surface area contributed by atoms with Crippen molar-refractivity contribution in [2.75, 3.05) is 11.1 Å². The van der Waals surface area contributed by atoms with E-state index < -0.39 is 6.03 Å². The lowest BCUT2D eigenvalue weighted by Gasteiger charge is -2.26. The molecule has 0 aliphatic heterocycles. The van der Waals surface area contributed by atoms with E-state index in [1.165, 1.54) is 49.6 Å². The minimum atomic E-state index is -0.620. The number of nitrogens with two attached hydrogens (primary N) is 1. The van der Waals surface area contributed by atoms with E-state index in [1.807, 2.05) is 6.92 Å². The SMILES string of the molecule is Cc1nc(SCC(=O)c2ccc(NC(N)=O)cc2)n(C2CCCCC2)c1C. The van der Waals surface area contributed by atoms with E-state index in [9.17, 15) is 9.59 Å². The van der Waals surface area contributed by atoms with Crippen LogP contribution in [0.1, 0.15) is 59.9 Å². The van der Waals surface area contributed by atoms with E-state index in [4.69, 9.17) is 10.7 Å². The van der Waals surface area contributed by atoms with Crippen molar-refractivity contribution in [3.05, 3.63) is 41.2 Å². The highest BCUT2D eigenvalue weighted by molar-refractivity contribution is 7.99. The number of ketones is 1. The van der Waals surface area contributed by atoms with Gasteiger partial charge in [-0.1, -0.05) is 31.0 Å². The first-order valence-electron chi connectivity index (χ1n) is 9.33. The number of urea groups is 1. The number of imidazole rings is 1. The molecule has 6 nitrogen and oxygen atoms in total. The van der Waals surface area contributed by atoms with E-state index in [0.717, 1.165) is 10.9 Å². The van der Waals surface area contributed by atoms with Crippen LogP contribution in [0.15, 0.2) is 29.4 Å². The highest BCUT2D eigenvalue weighted by Crippen LogP contribution is 2.34. The second-order valence-electron chi connectivity index (χ2n) is 7.01. The number of hydrogen-bond donors (Lipinski definition) is 2. The monoisotopic (exact) mass is 386 g/mol. The highest BCUT2D eigenvalue weighted by atomic mass is 32.2. The molecular weight excluding hydrogens is 360 g/mol. The Morgan fingerprint density at radius 2 is 1.85 bits per heavy atom. The second-order valence-corrected chi connectivity index (χ2v) is 7.95. The van der Waals surface area contributed by atoms with Crippen LogP contribution >= 0.6 is 11.8 Å². The van der Waals surface area contributed by atoms with Crippen molar-refractivity contribution >= 4 is 29.3 Å². The number of carbonyl (C=O) groups is 2. The molecule has 0 radical (unpaired) electrons. The number of rotatable bonds is 6. The Morgan fingerprint density at radius 1 is 1.19 bits per heavy atom. The van der Waals surface area contributed by atoms with Gasteiger partial charge in [0.2, 0.25) is 0 Å². The normalized spacial score (nSPS) is 14.9. The quantitative estimate of drug-likeness (QED) is 0.566. The molecule has 0 unspecified atom stereocenters. The third kappa shape index (κ3) is 4.71. The predicted molar refractivity (Wildman–Crippen MR) is 109 cm³/mol. The Bertz CT molecular complexity index is 823. The number of hydrogen-bond acceptors (Lipinski definition) is 4. The summed E-state index contributed by atoms with van der Waals surface area (Å²) in [6.07, 6.45) is 6.20. The number of thioether (sulfide) groups is 1. The Hall–Kier alpha value is -2.28. The van der Waals surface area contributed by atoms with E-state index in [2.05, 4.69) is 16.8 Å². The molecule has 2 amide bonds. The maximum atomic E-state index is 12.6. The van der Waals surface area contributed by atoms with Gasteiger partial charge in [0, 0.05) is 23.0 Å². The largest absolute Gasteiger partial charge is 0.351 e. The van der Waals surface area contributed by atoms with E-state index in [0.29, 0.717) is 23.0 Å². The maximum Gasteiger partial charge on any atom is 0.316 e. The van der Waals surface area contributed by atoms with Crippen LogP contribution in [0.4, 0.5) is 10.5 Å². The maximum absolute atomic E-state index is 12.6. The molecule has 27 heavy (non-hydrogen) atoms. The summed E-state index contributed by atoms with van der Waals surface area (Å²) < 4.78 is 2.34. The molecule has 3 rings (SSSR count). The zero-order valence-electron chi connectivity index (χ0n) is 15.8. The van der Waals surface area contributed by atoms with Crippen LogP contribution in [-0.4, -0.2) is 27.1 Å². The number of amides is 2. The summed E-state index contributed by atoms with van der Waals surface area (Å²) in [7, 11) is 0. The molecule has 1 heterocycles. The molecule has 1 aliphatic rings. The summed E-state index contributed by atoms with van der Waals surface area (Å²) in [5, 5.41) is 3.43. The molecule has 1 aromatic carbocycles. The Labute approximate surface area is 163 Å². The van der Waals surface area contributed by atoms with Gasteiger partial charge >= 0.3 is 6.03 Å². The third-order valence-corrected chi connectivity index (χ3v) is 6.05. The minimum absolute atomic E-state index is 0.0409. The topological polar surface area (TPSA) is 90.0 Å². The third-order valence-electron chi connectivity index (χ3n) is 5.10. The lowest BCUT2D eigenvalue weighted by molar-refractivity contribution is 0.102. The number of anilines is 1. The van der Waals surface area contributed by atoms with Gasteiger partial charge in [0.15, 0.2) is 10.9 Å². The zero-order chi connectivity index (χ0) is 19.4. The number of carbonyl (C=O) groups excluding carboxylic acids is 2. The van der Waals surface area contributed by atoms with Crippen molar-refractivity contribution < 1.29 is 9.59 Å². The number of primary amides is 1. The van der Waals surface area contributed by atoms with Gasteiger partial charge in [0.1, 0.15) is 0 Å². The fourth-order valence-corrected chi connectivity index (χ4v) is 4.62. The van der Waals surface area contributed by atoms with Gasteiger partial charge in [0.05, 0.1) is 11.4 Å². The first-order chi connectivity index (χ1) is 13.0. The Morgan fingerprint density at radius 3 is 2.48 bits per heavy atom. The van der Waals surface area contributed by atoms with Crippen LogP contribution < -0.4 is 11.1 Å². The average molecular weight is 387 g/mol. The summed E-state index contributed by atoms with van der Waals surface area (Å²) in [6, 6.07) is 6.65. The van der Waals surface area contributed by atoms with Crippen molar-refractivity contribution in [1.29, 1.82) is 0 Å². The zero-order valence-corrected chi connectivity index (χ0v) is 16.6. The Kier molecular flexibility index (Phi) is 6.21. The molecule has 1 aliphatic carbocycles. The molecule has 1 saturated carbocycles. The van der Waals surface area contributed by atoms with Crippen molar-refractivity contribution in [2.24, 2.45) is 5.73 Å². The molecule has 144 valence electrons. The predicted octanol–water partition coefficient (Wildman–Crippen LogP) is 4.47. The van der Waals surface area contributed by atoms with Gasteiger partial charge in [-0.3, -0.25) is 4.79 Å². The van der Waals surface area contributed by atoms with Crippen LogP contribution in [0.2, 0.25) is 0 Å². The van der Waals surface area contributed by atoms with Crippen LogP contribution in [-0.2, 0) is 0 Å². The van der Waals surface area contributed by atoms with E-state index >= 15 is 0 Å². The smallest absolute Gasteiger partial charge is 0.316 e. The van der Waals surface area contributed by atoms with Gasteiger partial charge in [0.25, 0.3) is 0 Å². The summed E-state index contributed by atoms with van der Waals surface area (Å²) >= 11 is 1.51. The van der Waals surface area contributed by atoms with Gasteiger partial charge in [-0.2, -0.15) is 0 Å². The van der Waals surface area contributed by atoms with Crippen molar-refractivity contribution in [3.63, 3.8) is 0 Å². The second kappa shape index (κ2) is 8.61. The van der Waals surface area contributed by atoms with Gasteiger partial charge in [-0.25, -0.2) is 9.78 Å². The molecule has 7 heteroatoms. The first kappa shape index (κ1) is 19.5. The number of nitrogens with zero attached hydrogens (tertiary/aromatic N) is 2.